The summed E-state index contributed by atoms with van der Waals surface area (Å²) in [6.45, 7) is 1.62. The van der Waals surface area contributed by atoms with E-state index in [0.29, 0.717) is 16.7 Å². The normalized spacial score (nSPS) is 14.2. The van der Waals surface area contributed by atoms with E-state index in [4.69, 9.17) is 14.0 Å². The zero-order valence-corrected chi connectivity index (χ0v) is 32.4. The van der Waals surface area contributed by atoms with Crippen LogP contribution in [0.5, 0.6) is 0 Å². The first-order valence-corrected chi connectivity index (χ1v) is 23.0. The van der Waals surface area contributed by atoms with Crippen molar-refractivity contribution in [1.82, 2.24) is 9.97 Å². The van der Waals surface area contributed by atoms with Gasteiger partial charge in [0.1, 0.15) is 5.58 Å². The van der Waals surface area contributed by atoms with Crippen LogP contribution < -0.4 is 4.40 Å². The quantitative estimate of drug-likeness (QED) is 0.128. The van der Waals surface area contributed by atoms with Crippen molar-refractivity contribution < 1.29 is 34.1 Å². The summed E-state index contributed by atoms with van der Waals surface area (Å²) in [7, 11) is 0. The van der Waals surface area contributed by atoms with Crippen LogP contribution in [0.3, 0.4) is 0 Å². The number of nitrogens with zero attached hydrogens (tertiary/aromatic N) is 2. The second kappa shape index (κ2) is 14.7. The summed E-state index contributed by atoms with van der Waals surface area (Å²) < 4.78 is 60.9. The van der Waals surface area contributed by atoms with Gasteiger partial charge in [-0.05, 0) is 41.7 Å². The third-order valence-corrected chi connectivity index (χ3v) is 12.7. The number of hydrogen-bond donors (Lipinski definition) is 0. The molecule has 0 amide bonds. The Morgan fingerprint density at radius 2 is 1.54 bits per heavy atom. The Labute approximate surface area is 311 Å². The largest absolute Gasteiger partial charge is 0.501 e. The van der Waals surface area contributed by atoms with Gasteiger partial charge in [-0.2, -0.15) is 0 Å². The molecule has 245 valence electrons. The number of fused-ring (bicyclic) bond motifs is 3. The number of aryl methyl sites for hydroxylation is 3. The second-order valence-corrected chi connectivity index (χ2v) is 23.6. The van der Waals surface area contributed by atoms with Crippen LogP contribution in [0.4, 0.5) is 0 Å². The molecular weight excluding hydrogens is 825 g/mol. The minimum atomic E-state index is -2.12. The van der Waals surface area contributed by atoms with Crippen molar-refractivity contribution in [2.45, 2.75) is 57.6 Å². The second-order valence-electron chi connectivity index (χ2n) is 13.0. The molecule has 4 aromatic carbocycles. The smallest absolute Gasteiger partial charge is 0.121 e. The molecule has 1 radical (unpaired) electrons. The van der Waals surface area contributed by atoms with E-state index in [2.05, 4.69) is 52.4 Å². The van der Waals surface area contributed by atoms with E-state index >= 15 is 0 Å². The van der Waals surface area contributed by atoms with Crippen LogP contribution in [0.15, 0.2) is 108 Å². The molecule has 5 heteroatoms. The molecule has 0 bridgehead atoms. The molecule has 0 saturated heterocycles. The number of benzene rings is 4. The number of pyridine rings is 2. The van der Waals surface area contributed by atoms with Gasteiger partial charge in [-0.3, -0.25) is 0 Å². The molecule has 0 atom stereocenters. The molecule has 0 fully saturated rings. The van der Waals surface area contributed by atoms with Crippen molar-refractivity contribution in [3.63, 3.8) is 0 Å². The molecule has 3 heterocycles. The third-order valence-electron chi connectivity index (χ3n) is 8.25. The van der Waals surface area contributed by atoms with Crippen LogP contribution in [0.25, 0.3) is 55.6 Å². The molecule has 0 N–H and O–H groups in total. The summed E-state index contributed by atoms with van der Waals surface area (Å²) in [6, 6.07) is 33.9. The first-order chi connectivity index (χ1) is 25.2. The molecule has 7 aromatic rings. The Kier molecular flexibility index (Phi) is 8.31. The van der Waals surface area contributed by atoms with Crippen molar-refractivity contribution >= 4 is 39.6 Å². The SMILES string of the molecule is [2H]C([2H])([2H])c1c[c-]c(-c2cc(C)[c]([Ge]([CH3])([CH3])[CH3])cn2)cc1.[2H]C([2H])([2H])c1ccc(-c2ccc3c(c2)oc2c(-c4cc(C([2H])(C)C)ccn4)[c-]ccc23)cc1.[Ir]. The number of hydrogen-bond acceptors (Lipinski definition) is 3. The van der Waals surface area contributed by atoms with Gasteiger partial charge in [0.15, 0.2) is 0 Å². The van der Waals surface area contributed by atoms with Gasteiger partial charge in [-0.1, -0.05) is 78.4 Å². The maximum Gasteiger partial charge on any atom is 0.121 e. The maximum absolute atomic E-state index is 8.34. The van der Waals surface area contributed by atoms with E-state index in [0.717, 1.165) is 55.6 Å². The van der Waals surface area contributed by atoms with Crippen molar-refractivity contribution in [2.24, 2.45) is 0 Å². The topological polar surface area (TPSA) is 38.9 Å². The number of aromatic nitrogens is 2. The Bertz CT molecular complexity index is 2440. The van der Waals surface area contributed by atoms with Crippen LogP contribution in [-0.4, -0.2) is 23.2 Å². The van der Waals surface area contributed by atoms with E-state index in [1.165, 1.54) is 16.0 Å². The van der Waals surface area contributed by atoms with Crippen LogP contribution in [0.2, 0.25) is 17.3 Å². The molecule has 3 aromatic heterocycles. The van der Waals surface area contributed by atoms with Crippen molar-refractivity contribution in [3.8, 4) is 33.6 Å². The van der Waals surface area contributed by atoms with Gasteiger partial charge in [0.25, 0.3) is 0 Å². The monoisotopic (exact) mass is 876 g/mol. The van der Waals surface area contributed by atoms with Gasteiger partial charge < -0.3 is 9.40 Å². The van der Waals surface area contributed by atoms with Gasteiger partial charge >= 0.3 is 117 Å². The minimum Gasteiger partial charge on any atom is -0.501 e. The predicted octanol–water partition coefficient (Wildman–Crippen LogP) is 11.3. The van der Waals surface area contributed by atoms with E-state index in [-0.39, 0.29) is 20.1 Å². The summed E-state index contributed by atoms with van der Waals surface area (Å²) in [6.07, 6.45) is 3.70. The molecule has 0 aliphatic carbocycles. The Hall–Kier alpha value is -3.83. The summed E-state index contributed by atoms with van der Waals surface area (Å²) in [5.41, 5.74) is 9.23. The maximum atomic E-state index is 8.34. The zero-order valence-electron chi connectivity index (χ0n) is 35.0. The van der Waals surface area contributed by atoms with E-state index in [1.807, 2.05) is 74.6 Å². The molecule has 0 aliphatic heterocycles. The van der Waals surface area contributed by atoms with E-state index < -0.39 is 32.9 Å². The van der Waals surface area contributed by atoms with Crippen LogP contribution in [0.1, 0.15) is 51.6 Å². The van der Waals surface area contributed by atoms with E-state index in [9.17, 15) is 0 Å². The first kappa shape index (κ1) is 27.0. The Morgan fingerprint density at radius 3 is 2.21 bits per heavy atom. The van der Waals surface area contributed by atoms with Gasteiger partial charge in [-0.15, -0.1) is 18.2 Å². The molecule has 0 unspecified atom stereocenters. The Balaban J connectivity index is 0.000000229. The molecule has 3 nitrogen and oxygen atoms in total. The summed E-state index contributed by atoms with van der Waals surface area (Å²) in [5.74, 6) is 6.31. The predicted molar refractivity (Wildman–Crippen MR) is 201 cm³/mol. The fourth-order valence-electron chi connectivity index (χ4n) is 5.72. The third kappa shape index (κ3) is 7.73. The van der Waals surface area contributed by atoms with Gasteiger partial charge in [0, 0.05) is 37.2 Å². The van der Waals surface area contributed by atoms with Gasteiger partial charge in [0.2, 0.25) is 0 Å². The summed E-state index contributed by atoms with van der Waals surface area (Å²) in [4.78, 5) is 9.06. The Morgan fingerprint density at radius 1 is 0.792 bits per heavy atom. The van der Waals surface area contributed by atoms with Crippen molar-refractivity contribution in [1.29, 1.82) is 0 Å². The molecule has 0 spiro atoms. The molecular formula is C43H42GeIrN2O-2. The number of rotatable bonds is 5. The molecule has 48 heavy (non-hydrogen) atoms. The first-order valence-electron chi connectivity index (χ1n) is 19.1. The van der Waals surface area contributed by atoms with Crippen molar-refractivity contribution in [3.05, 3.63) is 138 Å². The fraction of sp³-hybridized carbons (Fsp3) is 0.209. The van der Waals surface area contributed by atoms with Crippen LogP contribution in [0, 0.1) is 32.8 Å². The molecule has 0 aliphatic rings. The van der Waals surface area contributed by atoms with Crippen LogP contribution >= 0.6 is 0 Å². The van der Waals surface area contributed by atoms with E-state index in [1.54, 1.807) is 30.5 Å². The molecule has 7 rings (SSSR count). The zero-order chi connectivity index (χ0) is 39.2. The van der Waals surface area contributed by atoms with Crippen molar-refractivity contribution in [2.75, 3.05) is 0 Å². The van der Waals surface area contributed by atoms with Crippen LogP contribution in [-0.2, 0) is 20.1 Å². The van der Waals surface area contributed by atoms with Gasteiger partial charge in [-0.25, -0.2) is 0 Å². The standard InChI is InChI=1S/C27H22NO.C16H20GeN.Ir/c1-17(2)20-13-14-28-25(15-20)24-6-4-5-23-22-12-11-21(16-26(22)29-27(23)24)19-9-7-18(3)8-10-19;1-12-6-8-14(9-7-12)16-10-13(2)15(11-18-16)17(3,4)5;/h4-5,7-17H,1-3H3;6-8,10-11H,1-5H3;/q2*-1;/i3D3,17D;1D3;. The fourth-order valence-corrected chi connectivity index (χ4v) is 9.31. The average Bonchev–Trinajstić information content (AvgIpc) is 3.49. The summed E-state index contributed by atoms with van der Waals surface area (Å²) >= 11 is -1.89. The molecule has 0 saturated carbocycles. The minimum absolute atomic E-state index is 0. The summed E-state index contributed by atoms with van der Waals surface area (Å²) in [5, 5.41) is 1.96. The number of furan rings is 1. The average molecular weight is 875 g/mol. The van der Waals surface area contributed by atoms with Gasteiger partial charge in [0.05, 0.1) is 5.58 Å².